The van der Waals surface area contributed by atoms with Crippen LogP contribution in [0.4, 0.5) is 0 Å². The lowest BCUT2D eigenvalue weighted by Gasteiger charge is -2.28. The topological polar surface area (TPSA) is 0 Å². The van der Waals surface area contributed by atoms with Gasteiger partial charge in [-0.1, -0.05) is 68.4 Å². The molecule has 0 amide bonds. The van der Waals surface area contributed by atoms with Crippen molar-refractivity contribution < 1.29 is 12.4 Å². The fourth-order valence-corrected chi connectivity index (χ4v) is 7.99. The summed E-state index contributed by atoms with van der Waals surface area (Å²) in [4.78, 5) is 0. The number of rotatable bonds is 7. The van der Waals surface area contributed by atoms with E-state index in [-0.39, 0.29) is 12.4 Å². The Morgan fingerprint density at radius 2 is 0.962 bits per heavy atom. The zero-order valence-corrected chi connectivity index (χ0v) is 17.3. The molecule has 2 heteroatoms. The molecule has 26 heavy (non-hydrogen) atoms. The van der Waals surface area contributed by atoms with Crippen LogP contribution in [0.5, 0.6) is 0 Å². The first-order valence-corrected chi connectivity index (χ1v) is 11.3. The molecule has 0 bridgehead atoms. The summed E-state index contributed by atoms with van der Waals surface area (Å²) < 4.78 is 0. The molecule has 0 fully saturated rings. The van der Waals surface area contributed by atoms with Gasteiger partial charge in [0, 0.05) is 0 Å². The maximum absolute atomic E-state index is 2.34. The molecule has 0 saturated heterocycles. The number of hydrogen-bond donors (Lipinski definition) is 0. The zero-order chi connectivity index (χ0) is 17.5. The third-order valence-corrected chi connectivity index (χ3v) is 9.39. The summed E-state index contributed by atoms with van der Waals surface area (Å²) in [6.07, 6.45) is 3.79. The van der Waals surface area contributed by atoms with E-state index in [2.05, 4.69) is 105 Å². The molecule has 0 unspecified atom stereocenters. The van der Waals surface area contributed by atoms with E-state index < -0.39 is 7.26 Å². The van der Waals surface area contributed by atoms with Crippen LogP contribution in [0.15, 0.2) is 91.0 Å². The molecule has 0 atom stereocenters. The zero-order valence-electron chi connectivity index (χ0n) is 15.7. The Bertz CT molecular complexity index is 657. The summed E-state index contributed by atoms with van der Waals surface area (Å²) in [5.74, 6) is 0.754. The molecule has 0 radical (unpaired) electrons. The van der Waals surface area contributed by atoms with Gasteiger partial charge in [-0.3, -0.25) is 0 Å². The molecule has 0 aromatic heterocycles. The number of benzene rings is 3. The molecule has 0 N–H and O–H groups in total. The fourth-order valence-electron chi connectivity index (χ4n) is 3.62. The van der Waals surface area contributed by atoms with Crippen molar-refractivity contribution in [3.63, 3.8) is 0 Å². The third-order valence-electron chi connectivity index (χ3n) is 4.87. The summed E-state index contributed by atoms with van der Waals surface area (Å²) in [6.45, 7) is 4.65. The summed E-state index contributed by atoms with van der Waals surface area (Å²) in [7, 11) is -1.61. The Labute approximate surface area is 165 Å². The van der Waals surface area contributed by atoms with Gasteiger partial charge < -0.3 is 12.4 Å². The molecule has 0 spiro atoms. The van der Waals surface area contributed by atoms with Gasteiger partial charge in [-0.25, -0.2) is 0 Å². The van der Waals surface area contributed by atoms with Crippen LogP contribution >= 0.6 is 7.26 Å². The number of halogens is 1. The quantitative estimate of drug-likeness (QED) is 0.550. The van der Waals surface area contributed by atoms with E-state index in [1.165, 1.54) is 34.9 Å². The van der Waals surface area contributed by atoms with Crippen molar-refractivity contribution in [2.24, 2.45) is 5.92 Å². The van der Waals surface area contributed by atoms with E-state index in [9.17, 15) is 0 Å². The first-order valence-electron chi connectivity index (χ1n) is 9.28. The summed E-state index contributed by atoms with van der Waals surface area (Å²) >= 11 is 0. The maximum Gasteiger partial charge on any atom is 0.112 e. The van der Waals surface area contributed by atoms with E-state index in [1.807, 2.05) is 0 Å². The molecular weight excluding hydrogens is 355 g/mol. The van der Waals surface area contributed by atoms with Crippen LogP contribution in [0.2, 0.25) is 0 Å². The highest BCUT2D eigenvalue weighted by Gasteiger charge is 2.44. The van der Waals surface area contributed by atoms with Crippen molar-refractivity contribution in [3.05, 3.63) is 91.0 Å². The Kier molecular flexibility index (Phi) is 7.88. The van der Waals surface area contributed by atoms with E-state index in [4.69, 9.17) is 0 Å². The second kappa shape index (κ2) is 9.91. The average molecular weight is 383 g/mol. The molecule has 3 rings (SSSR count). The highest BCUT2D eigenvalue weighted by atomic mass is 35.5. The molecule has 0 saturated carbocycles. The van der Waals surface area contributed by atoms with Crippen molar-refractivity contribution in [1.29, 1.82) is 0 Å². The Hall–Kier alpha value is -1.62. The van der Waals surface area contributed by atoms with Gasteiger partial charge in [-0.2, -0.15) is 0 Å². The predicted octanol–water partition coefficient (Wildman–Crippen LogP) is 2.42. The van der Waals surface area contributed by atoms with Gasteiger partial charge in [0.05, 0.1) is 6.16 Å². The lowest BCUT2D eigenvalue weighted by molar-refractivity contribution is -0.00000514. The standard InChI is InChI=1S/C24H28P.ClH/c1-21(2)13-12-20-25(22-14-6-3-7-15-22,23-16-8-4-9-17-23)24-18-10-5-11-19-24;/h3-11,14-19,21H,12-13,20H2,1-2H3;1H/q+1;/p-1. The SMILES string of the molecule is CC(C)CCC[P+](c1ccccc1)(c1ccccc1)c1ccccc1.[Cl-]. The van der Waals surface area contributed by atoms with Crippen molar-refractivity contribution in [2.75, 3.05) is 6.16 Å². The van der Waals surface area contributed by atoms with Gasteiger partial charge in [0.15, 0.2) is 0 Å². The van der Waals surface area contributed by atoms with Crippen LogP contribution in [0.25, 0.3) is 0 Å². The lowest BCUT2D eigenvalue weighted by atomic mass is 10.1. The van der Waals surface area contributed by atoms with Crippen molar-refractivity contribution in [2.45, 2.75) is 26.7 Å². The second-order valence-electron chi connectivity index (χ2n) is 7.08. The second-order valence-corrected chi connectivity index (χ2v) is 10.7. The molecule has 136 valence electrons. The van der Waals surface area contributed by atoms with Gasteiger partial charge in [0.1, 0.15) is 23.2 Å². The van der Waals surface area contributed by atoms with E-state index in [1.54, 1.807) is 0 Å². The molecule has 0 heterocycles. The first-order chi connectivity index (χ1) is 12.2. The smallest absolute Gasteiger partial charge is 0.112 e. The van der Waals surface area contributed by atoms with Crippen molar-refractivity contribution in [1.82, 2.24) is 0 Å². The van der Waals surface area contributed by atoms with Crippen LogP contribution in [0.1, 0.15) is 26.7 Å². The Morgan fingerprint density at radius 3 is 1.27 bits per heavy atom. The van der Waals surface area contributed by atoms with Crippen LogP contribution in [0.3, 0.4) is 0 Å². The molecule has 3 aromatic rings. The Morgan fingerprint density at radius 1 is 0.615 bits per heavy atom. The minimum atomic E-state index is -1.61. The van der Waals surface area contributed by atoms with Gasteiger partial charge in [0.2, 0.25) is 0 Å². The Balaban J connectivity index is 0.00000243. The highest BCUT2D eigenvalue weighted by molar-refractivity contribution is 7.95. The van der Waals surface area contributed by atoms with E-state index in [0.717, 1.165) is 5.92 Å². The third kappa shape index (κ3) is 4.56. The van der Waals surface area contributed by atoms with Crippen LogP contribution in [0, 0.1) is 5.92 Å². The fraction of sp³-hybridized carbons (Fsp3) is 0.250. The lowest BCUT2D eigenvalue weighted by Crippen LogP contribution is -3.00. The maximum atomic E-state index is 2.34. The van der Waals surface area contributed by atoms with E-state index >= 15 is 0 Å². The first kappa shape index (κ1) is 20.7. The van der Waals surface area contributed by atoms with Crippen LogP contribution < -0.4 is 28.3 Å². The molecular formula is C24H28ClP. The van der Waals surface area contributed by atoms with Crippen LogP contribution in [-0.4, -0.2) is 6.16 Å². The van der Waals surface area contributed by atoms with Crippen LogP contribution in [-0.2, 0) is 0 Å². The van der Waals surface area contributed by atoms with Gasteiger partial charge in [-0.15, -0.1) is 0 Å². The normalized spacial score (nSPS) is 11.2. The van der Waals surface area contributed by atoms with E-state index in [0.29, 0.717) is 0 Å². The largest absolute Gasteiger partial charge is 1.00 e. The molecule has 0 aliphatic carbocycles. The molecule has 0 aliphatic rings. The van der Waals surface area contributed by atoms with Crippen molar-refractivity contribution in [3.8, 4) is 0 Å². The van der Waals surface area contributed by atoms with Gasteiger partial charge in [0.25, 0.3) is 0 Å². The highest BCUT2D eigenvalue weighted by Crippen LogP contribution is 2.56. The predicted molar refractivity (Wildman–Crippen MR) is 114 cm³/mol. The monoisotopic (exact) mass is 382 g/mol. The summed E-state index contributed by atoms with van der Waals surface area (Å²) in [6, 6.07) is 33.6. The van der Waals surface area contributed by atoms with Gasteiger partial charge in [-0.05, 0) is 55.2 Å². The van der Waals surface area contributed by atoms with Crippen molar-refractivity contribution >= 4 is 23.2 Å². The average Bonchev–Trinajstić information content (AvgIpc) is 2.67. The molecule has 3 aromatic carbocycles. The van der Waals surface area contributed by atoms with Gasteiger partial charge >= 0.3 is 0 Å². The molecule has 0 aliphatic heterocycles. The summed E-state index contributed by atoms with van der Waals surface area (Å²) in [5.41, 5.74) is 0. The minimum Gasteiger partial charge on any atom is -1.00 e. The summed E-state index contributed by atoms with van der Waals surface area (Å²) in [5, 5.41) is 4.49. The number of hydrogen-bond acceptors (Lipinski definition) is 0. The minimum absolute atomic E-state index is 0. The molecule has 0 nitrogen and oxygen atoms in total.